The summed E-state index contributed by atoms with van der Waals surface area (Å²) in [5.74, 6) is 0. The molecule has 0 N–H and O–H groups in total. The van der Waals surface area contributed by atoms with E-state index in [0.717, 1.165) is 6.61 Å². The van der Waals surface area contributed by atoms with Gasteiger partial charge in [-0.05, 0) is 36.9 Å². The minimum Gasteiger partial charge on any atom is -0.420 e. The Bertz CT molecular complexity index is 304. The molecule has 0 aromatic heterocycles. The zero-order chi connectivity index (χ0) is 14.5. The van der Waals surface area contributed by atoms with Crippen LogP contribution in [0.5, 0.6) is 0 Å². The van der Waals surface area contributed by atoms with E-state index in [1.165, 1.54) is 62.6 Å². The summed E-state index contributed by atoms with van der Waals surface area (Å²) in [4.78, 5) is 0. The molecule has 1 aromatic carbocycles. The highest BCUT2D eigenvalue weighted by molar-refractivity contribution is 6.51. The lowest BCUT2D eigenvalue weighted by atomic mass is 10.1. The van der Waals surface area contributed by atoms with Crippen molar-refractivity contribution in [1.29, 1.82) is 0 Å². The first-order valence-electron chi connectivity index (χ1n) is 8.52. The Kier molecular flexibility index (Phi) is 10.6. The van der Waals surface area contributed by atoms with Gasteiger partial charge in [-0.25, -0.2) is 0 Å². The molecule has 2 heteroatoms. The highest BCUT2D eigenvalue weighted by atomic mass is 28.3. The minimum absolute atomic E-state index is 0.886. The van der Waals surface area contributed by atoms with E-state index in [-0.39, 0.29) is 0 Å². The molecule has 0 heterocycles. The molecule has 114 valence electrons. The summed E-state index contributed by atoms with van der Waals surface area (Å²) in [6, 6.07) is 13.6. The lowest BCUT2D eigenvalue weighted by Crippen LogP contribution is -2.18. The summed E-state index contributed by atoms with van der Waals surface area (Å²) in [5, 5.41) is 0. The maximum Gasteiger partial charge on any atom is 0.176 e. The van der Waals surface area contributed by atoms with Gasteiger partial charge in [0, 0.05) is 6.61 Å². The molecule has 0 radical (unpaired) electrons. The van der Waals surface area contributed by atoms with Crippen LogP contribution in [0.3, 0.4) is 0 Å². The molecule has 0 amide bonds. The van der Waals surface area contributed by atoms with E-state index >= 15 is 0 Å². The second-order valence-electron chi connectivity index (χ2n) is 5.72. The van der Waals surface area contributed by atoms with E-state index in [1.807, 2.05) is 0 Å². The average molecular weight is 293 g/mol. The molecule has 0 spiro atoms. The second-order valence-corrected chi connectivity index (χ2v) is 8.45. The topological polar surface area (TPSA) is 9.23 Å². The van der Waals surface area contributed by atoms with Gasteiger partial charge in [0.15, 0.2) is 9.04 Å². The molecule has 0 saturated heterocycles. The van der Waals surface area contributed by atoms with Gasteiger partial charge >= 0.3 is 0 Å². The Labute approximate surface area is 127 Å². The summed E-state index contributed by atoms with van der Waals surface area (Å²) in [6.07, 6.45) is 9.03. The molecular formula is C18H32OSi. The third-order valence-electron chi connectivity index (χ3n) is 3.82. The Balaban J connectivity index is 2.09. The van der Waals surface area contributed by atoms with Crippen molar-refractivity contribution in [3.8, 4) is 0 Å². The first kappa shape index (κ1) is 17.4. The molecular weight excluding hydrogens is 260 g/mol. The molecule has 1 rings (SSSR count). The van der Waals surface area contributed by atoms with Crippen molar-refractivity contribution in [1.82, 2.24) is 0 Å². The van der Waals surface area contributed by atoms with Gasteiger partial charge in [-0.2, -0.15) is 0 Å². The Morgan fingerprint density at radius 2 is 1.50 bits per heavy atom. The molecule has 1 nitrogen and oxygen atoms in total. The lowest BCUT2D eigenvalue weighted by molar-refractivity contribution is 0.305. The number of unbranched alkanes of at least 4 members (excludes halogenated alkanes) is 3. The fraction of sp³-hybridized carbons (Fsp3) is 0.667. The highest BCUT2D eigenvalue weighted by Crippen LogP contribution is 2.12. The average Bonchev–Trinajstić information content (AvgIpc) is 2.50. The van der Waals surface area contributed by atoms with Crippen LogP contribution in [0, 0.1) is 0 Å². The van der Waals surface area contributed by atoms with Crippen LogP contribution in [-0.4, -0.2) is 15.6 Å². The van der Waals surface area contributed by atoms with Crippen molar-refractivity contribution in [3.05, 3.63) is 35.9 Å². The van der Waals surface area contributed by atoms with Gasteiger partial charge in [0.25, 0.3) is 0 Å². The van der Waals surface area contributed by atoms with Crippen LogP contribution in [0.2, 0.25) is 12.1 Å². The Morgan fingerprint density at radius 3 is 2.10 bits per heavy atom. The molecule has 0 aliphatic rings. The Morgan fingerprint density at radius 1 is 0.850 bits per heavy atom. The number of benzene rings is 1. The van der Waals surface area contributed by atoms with Gasteiger partial charge in [-0.1, -0.05) is 69.9 Å². The van der Waals surface area contributed by atoms with Gasteiger partial charge < -0.3 is 4.43 Å². The fourth-order valence-corrected chi connectivity index (χ4v) is 5.35. The summed E-state index contributed by atoms with van der Waals surface area (Å²) in [7, 11) is -0.886. The largest absolute Gasteiger partial charge is 0.420 e. The summed E-state index contributed by atoms with van der Waals surface area (Å²) < 4.78 is 6.22. The normalized spacial score (nSPS) is 11.2. The zero-order valence-electron chi connectivity index (χ0n) is 13.4. The van der Waals surface area contributed by atoms with Crippen LogP contribution in [-0.2, 0) is 10.8 Å². The van der Waals surface area contributed by atoms with Gasteiger partial charge in [-0.3, -0.25) is 0 Å². The maximum atomic E-state index is 6.22. The monoisotopic (exact) mass is 292 g/mol. The maximum absolute atomic E-state index is 6.22. The first-order chi connectivity index (χ1) is 9.86. The zero-order valence-corrected chi connectivity index (χ0v) is 14.6. The molecule has 0 atom stereocenters. The first-order valence-corrected chi connectivity index (χ1v) is 10.6. The van der Waals surface area contributed by atoms with Crippen LogP contribution in [0.4, 0.5) is 0 Å². The lowest BCUT2D eigenvalue weighted by Gasteiger charge is -2.15. The van der Waals surface area contributed by atoms with Crippen molar-refractivity contribution in [2.75, 3.05) is 6.61 Å². The second kappa shape index (κ2) is 12.2. The predicted molar refractivity (Wildman–Crippen MR) is 91.9 cm³/mol. The van der Waals surface area contributed by atoms with Gasteiger partial charge in [0.05, 0.1) is 0 Å². The van der Waals surface area contributed by atoms with Crippen molar-refractivity contribution in [2.24, 2.45) is 0 Å². The molecule has 0 unspecified atom stereocenters. The SMILES string of the molecule is CCCC[SiH](CCCC)OCCCCc1ccccc1. The highest BCUT2D eigenvalue weighted by Gasteiger charge is 2.10. The minimum atomic E-state index is -0.886. The van der Waals surface area contributed by atoms with E-state index in [1.54, 1.807) is 0 Å². The summed E-state index contributed by atoms with van der Waals surface area (Å²) >= 11 is 0. The number of rotatable bonds is 12. The van der Waals surface area contributed by atoms with Crippen molar-refractivity contribution in [2.45, 2.75) is 70.9 Å². The molecule has 0 saturated carbocycles. The van der Waals surface area contributed by atoms with Crippen LogP contribution in [0.1, 0.15) is 57.9 Å². The van der Waals surface area contributed by atoms with Gasteiger partial charge in [-0.15, -0.1) is 0 Å². The fourth-order valence-electron chi connectivity index (χ4n) is 2.50. The van der Waals surface area contributed by atoms with Crippen molar-refractivity contribution in [3.63, 3.8) is 0 Å². The standard InChI is InChI=1S/C18H32OSi/c1-3-5-16-20(17-6-4-2)19-15-11-10-14-18-12-8-7-9-13-18/h7-9,12-13,20H,3-6,10-11,14-17H2,1-2H3. The third kappa shape index (κ3) is 8.54. The number of hydrogen-bond acceptors (Lipinski definition) is 1. The summed E-state index contributed by atoms with van der Waals surface area (Å²) in [6.45, 7) is 5.56. The van der Waals surface area contributed by atoms with Crippen LogP contribution < -0.4 is 0 Å². The molecule has 0 fully saturated rings. The van der Waals surface area contributed by atoms with E-state index in [9.17, 15) is 0 Å². The van der Waals surface area contributed by atoms with Gasteiger partial charge in [0.1, 0.15) is 0 Å². The third-order valence-corrected chi connectivity index (χ3v) is 6.63. The predicted octanol–water partition coefficient (Wildman–Crippen LogP) is 5.35. The number of aryl methyl sites for hydroxylation is 1. The number of hydrogen-bond donors (Lipinski definition) is 0. The molecule has 0 aliphatic heterocycles. The van der Waals surface area contributed by atoms with E-state index in [0.29, 0.717) is 0 Å². The van der Waals surface area contributed by atoms with Crippen molar-refractivity contribution < 1.29 is 4.43 Å². The Hall–Kier alpha value is -0.603. The van der Waals surface area contributed by atoms with Gasteiger partial charge in [0.2, 0.25) is 0 Å². The smallest absolute Gasteiger partial charge is 0.176 e. The van der Waals surface area contributed by atoms with E-state index < -0.39 is 9.04 Å². The van der Waals surface area contributed by atoms with E-state index in [2.05, 4.69) is 44.2 Å². The van der Waals surface area contributed by atoms with E-state index in [4.69, 9.17) is 4.43 Å². The molecule has 0 bridgehead atoms. The van der Waals surface area contributed by atoms with Crippen LogP contribution in [0.15, 0.2) is 30.3 Å². The molecule has 1 aromatic rings. The van der Waals surface area contributed by atoms with Crippen LogP contribution >= 0.6 is 0 Å². The quantitative estimate of drug-likeness (QED) is 0.373. The van der Waals surface area contributed by atoms with Crippen molar-refractivity contribution >= 4 is 9.04 Å². The summed E-state index contributed by atoms with van der Waals surface area (Å²) in [5.41, 5.74) is 1.46. The van der Waals surface area contributed by atoms with Crippen LogP contribution in [0.25, 0.3) is 0 Å². The molecule has 20 heavy (non-hydrogen) atoms. The molecule has 0 aliphatic carbocycles.